The van der Waals surface area contributed by atoms with Gasteiger partial charge in [-0.05, 0) is 13.8 Å². The van der Waals surface area contributed by atoms with Crippen LogP contribution in [0.3, 0.4) is 0 Å². The summed E-state index contributed by atoms with van der Waals surface area (Å²) >= 11 is 0. The van der Waals surface area contributed by atoms with Crippen molar-refractivity contribution in [2.45, 2.75) is 13.8 Å². The van der Waals surface area contributed by atoms with Crippen LogP contribution in [-0.4, -0.2) is 81.4 Å². The largest absolute Gasteiger partial charge is 0.450 e. The second-order valence-corrected chi connectivity index (χ2v) is 4.40. The Balaban J connectivity index is 2.47. The molecule has 7 heteroatoms. The minimum absolute atomic E-state index is 0.228. The smallest absolute Gasteiger partial charge is 0.409 e. The Morgan fingerprint density at radius 1 is 1.20 bits per heavy atom. The third-order valence-corrected chi connectivity index (χ3v) is 3.00. The number of hydrogen-bond acceptors (Lipinski definition) is 4. The Labute approximate surface area is 120 Å². The SMILES string of the molecule is CCNC(=NCCOC)N1CCN(C(=O)OCC)CC1. The van der Waals surface area contributed by atoms with Crippen molar-refractivity contribution in [3.63, 3.8) is 0 Å². The monoisotopic (exact) mass is 286 g/mol. The summed E-state index contributed by atoms with van der Waals surface area (Å²) in [5.74, 6) is 0.882. The van der Waals surface area contributed by atoms with Crippen LogP contribution in [0.15, 0.2) is 4.99 Å². The van der Waals surface area contributed by atoms with Crippen molar-refractivity contribution < 1.29 is 14.3 Å². The predicted molar refractivity (Wildman–Crippen MR) is 78.0 cm³/mol. The zero-order chi connectivity index (χ0) is 14.8. The van der Waals surface area contributed by atoms with Gasteiger partial charge in [0.15, 0.2) is 5.96 Å². The highest BCUT2D eigenvalue weighted by Crippen LogP contribution is 2.04. The van der Waals surface area contributed by atoms with E-state index in [9.17, 15) is 4.79 Å². The lowest BCUT2D eigenvalue weighted by Gasteiger charge is -2.35. The fourth-order valence-electron chi connectivity index (χ4n) is 1.98. The molecule has 20 heavy (non-hydrogen) atoms. The van der Waals surface area contributed by atoms with Crippen molar-refractivity contribution in [3.8, 4) is 0 Å². The van der Waals surface area contributed by atoms with Gasteiger partial charge in [-0.25, -0.2) is 4.79 Å². The van der Waals surface area contributed by atoms with Crippen LogP contribution in [0.1, 0.15) is 13.8 Å². The fourth-order valence-corrected chi connectivity index (χ4v) is 1.98. The van der Waals surface area contributed by atoms with E-state index < -0.39 is 0 Å². The van der Waals surface area contributed by atoms with E-state index in [2.05, 4.69) is 15.2 Å². The first kappa shape index (κ1) is 16.6. The van der Waals surface area contributed by atoms with Crippen LogP contribution in [0.25, 0.3) is 0 Å². The first-order valence-electron chi connectivity index (χ1n) is 7.16. The number of aliphatic imine (C=N–C) groups is 1. The Hall–Kier alpha value is -1.50. The lowest BCUT2D eigenvalue weighted by atomic mass is 10.3. The van der Waals surface area contributed by atoms with Gasteiger partial charge in [-0.1, -0.05) is 0 Å². The molecule has 116 valence electrons. The third kappa shape index (κ3) is 5.24. The molecule has 1 N–H and O–H groups in total. The van der Waals surface area contributed by atoms with Crippen molar-refractivity contribution >= 4 is 12.1 Å². The summed E-state index contributed by atoms with van der Waals surface area (Å²) in [6.07, 6.45) is -0.228. The van der Waals surface area contributed by atoms with Crippen molar-refractivity contribution in [1.29, 1.82) is 0 Å². The molecule has 0 atom stereocenters. The second-order valence-electron chi connectivity index (χ2n) is 4.40. The molecule has 0 aromatic carbocycles. The average Bonchev–Trinajstić information content (AvgIpc) is 2.47. The molecule has 0 bridgehead atoms. The summed E-state index contributed by atoms with van der Waals surface area (Å²) in [7, 11) is 1.67. The molecule has 1 aliphatic heterocycles. The number of methoxy groups -OCH3 is 1. The molecule has 1 amide bonds. The molecule has 1 heterocycles. The highest BCUT2D eigenvalue weighted by Gasteiger charge is 2.23. The third-order valence-electron chi connectivity index (χ3n) is 3.00. The molecule has 1 saturated heterocycles. The topological polar surface area (TPSA) is 66.4 Å². The molecule has 7 nitrogen and oxygen atoms in total. The van der Waals surface area contributed by atoms with Crippen LogP contribution < -0.4 is 5.32 Å². The second kappa shape index (κ2) is 9.41. The Morgan fingerprint density at radius 3 is 2.40 bits per heavy atom. The number of carbonyl (C=O) groups is 1. The number of nitrogens with one attached hydrogen (secondary N) is 1. The van der Waals surface area contributed by atoms with Crippen LogP contribution in [-0.2, 0) is 9.47 Å². The normalized spacial score (nSPS) is 16.2. The number of carbonyl (C=O) groups excluding carboxylic acids is 1. The first-order chi connectivity index (χ1) is 9.72. The van der Waals surface area contributed by atoms with Crippen LogP contribution in [0.4, 0.5) is 4.79 Å². The summed E-state index contributed by atoms with van der Waals surface area (Å²) in [4.78, 5) is 20.0. The number of rotatable bonds is 5. The molecule has 0 aromatic rings. The van der Waals surface area contributed by atoms with E-state index in [1.165, 1.54) is 0 Å². The van der Waals surface area contributed by atoms with E-state index in [1.807, 2.05) is 13.8 Å². The van der Waals surface area contributed by atoms with E-state index in [0.717, 1.165) is 25.6 Å². The quantitative estimate of drug-likeness (QED) is 0.449. The Kier molecular flexibility index (Phi) is 7.79. The van der Waals surface area contributed by atoms with Gasteiger partial charge in [0.2, 0.25) is 0 Å². The highest BCUT2D eigenvalue weighted by atomic mass is 16.6. The van der Waals surface area contributed by atoms with Crippen molar-refractivity contribution in [2.75, 3.05) is 59.6 Å². The summed E-state index contributed by atoms with van der Waals surface area (Å²) < 4.78 is 10.0. The predicted octanol–water partition coefficient (Wildman–Crippen LogP) is 0.372. The molecular weight excluding hydrogens is 260 g/mol. The van der Waals surface area contributed by atoms with E-state index in [0.29, 0.717) is 32.8 Å². The molecule has 1 rings (SSSR count). The van der Waals surface area contributed by atoms with E-state index in [4.69, 9.17) is 9.47 Å². The van der Waals surface area contributed by atoms with Gasteiger partial charge < -0.3 is 24.6 Å². The molecule has 0 radical (unpaired) electrons. The number of ether oxygens (including phenoxy) is 2. The number of hydrogen-bond donors (Lipinski definition) is 1. The molecule has 0 aliphatic carbocycles. The fraction of sp³-hybridized carbons (Fsp3) is 0.846. The maximum absolute atomic E-state index is 11.6. The van der Waals surface area contributed by atoms with E-state index >= 15 is 0 Å². The van der Waals surface area contributed by atoms with Gasteiger partial charge in [0.1, 0.15) is 0 Å². The van der Waals surface area contributed by atoms with Crippen molar-refractivity contribution in [1.82, 2.24) is 15.1 Å². The maximum Gasteiger partial charge on any atom is 0.409 e. The van der Waals surface area contributed by atoms with Crippen LogP contribution in [0, 0.1) is 0 Å². The van der Waals surface area contributed by atoms with Gasteiger partial charge in [0.05, 0.1) is 19.8 Å². The Morgan fingerprint density at radius 2 is 1.85 bits per heavy atom. The Bertz CT molecular complexity index is 315. The van der Waals surface area contributed by atoms with Crippen LogP contribution in [0.2, 0.25) is 0 Å². The van der Waals surface area contributed by atoms with Gasteiger partial charge in [-0.2, -0.15) is 0 Å². The highest BCUT2D eigenvalue weighted by molar-refractivity contribution is 5.80. The van der Waals surface area contributed by atoms with Crippen molar-refractivity contribution in [2.24, 2.45) is 4.99 Å². The summed E-state index contributed by atoms with van der Waals surface area (Å²) in [6, 6.07) is 0. The molecule has 1 aliphatic rings. The van der Waals surface area contributed by atoms with Crippen LogP contribution in [0.5, 0.6) is 0 Å². The van der Waals surface area contributed by atoms with E-state index in [1.54, 1.807) is 12.0 Å². The zero-order valence-corrected chi connectivity index (χ0v) is 12.7. The van der Waals surface area contributed by atoms with Gasteiger partial charge >= 0.3 is 6.09 Å². The molecule has 0 unspecified atom stereocenters. The van der Waals surface area contributed by atoms with Gasteiger partial charge in [-0.15, -0.1) is 0 Å². The number of nitrogens with zero attached hydrogens (tertiary/aromatic N) is 3. The molecule has 0 aromatic heterocycles. The number of amides is 1. The van der Waals surface area contributed by atoms with Gasteiger partial charge in [-0.3, -0.25) is 4.99 Å². The van der Waals surface area contributed by atoms with Gasteiger partial charge in [0.25, 0.3) is 0 Å². The lowest BCUT2D eigenvalue weighted by molar-refractivity contribution is 0.0914. The first-order valence-corrected chi connectivity index (χ1v) is 7.16. The molecule has 0 saturated carbocycles. The molecular formula is C13H26N4O3. The van der Waals surface area contributed by atoms with Crippen molar-refractivity contribution in [3.05, 3.63) is 0 Å². The average molecular weight is 286 g/mol. The summed E-state index contributed by atoms with van der Waals surface area (Å²) in [5.41, 5.74) is 0. The number of guanidine groups is 1. The lowest BCUT2D eigenvalue weighted by Crippen LogP contribution is -2.54. The zero-order valence-electron chi connectivity index (χ0n) is 12.7. The van der Waals surface area contributed by atoms with Gasteiger partial charge in [0, 0.05) is 39.8 Å². The molecule has 1 fully saturated rings. The molecule has 0 spiro atoms. The summed E-state index contributed by atoms with van der Waals surface area (Å²) in [5, 5.41) is 3.27. The standard InChI is InChI=1S/C13H26N4O3/c1-4-14-12(15-6-11-19-3)16-7-9-17(10-8-16)13(18)20-5-2/h4-11H2,1-3H3,(H,14,15). The minimum Gasteiger partial charge on any atom is -0.450 e. The number of piperazine rings is 1. The summed E-state index contributed by atoms with van der Waals surface area (Å²) in [6.45, 7) is 9.19. The van der Waals surface area contributed by atoms with E-state index in [-0.39, 0.29) is 6.09 Å². The minimum atomic E-state index is -0.228. The maximum atomic E-state index is 11.6. The van der Waals surface area contributed by atoms with Crippen LogP contribution >= 0.6 is 0 Å².